The molecular formula is C22H18F6N4O4S. The Morgan fingerprint density at radius 2 is 1.68 bits per heavy atom. The third kappa shape index (κ3) is 6.09. The second kappa shape index (κ2) is 9.76. The van der Waals surface area contributed by atoms with Gasteiger partial charge in [-0.15, -0.1) is 0 Å². The van der Waals surface area contributed by atoms with Gasteiger partial charge in [-0.1, -0.05) is 17.3 Å². The lowest BCUT2D eigenvalue weighted by Crippen LogP contribution is -2.40. The monoisotopic (exact) mass is 548 g/mol. The van der Waals surface area contributed by atoms with Crippen LogP contribution in [0.5, 0.6) is 0 Å². The van der Waals surface area contributed by atoms with Gasteiger partial charge in [0.25, 0.3) is 0 Å². The first-order valence-corrected chi connectivity index (χ1v) is 12.6. The SMILES string of the molecule is O=C(C1CCS(=O)(=O)CC1)N(Cc1ccc(-c2noc(C(F)(F)F)n2)cn1)c1ccccc1C(F)(F)F. The van der Waals surface area contributed by atoms with Crippen LogP contribution in [-0.4, -0.2) is 41.0 Å². The zero-order chi connectivity index (χ0) is 27.0. The number of sulfone groups is 1. The van der Waals surface area contributed by atoms with Gasteiger partial charge in [-0.3, -0.25) is 9.78 Å². The number of anilines is 1. The van der Waals surface area contributed by atoms with E-state index in [0.717, 1.165) is 23.2 Å². The molecule has 0 spiro atoms. The number of benzene rings is 1. The Balaban J connectivity index is 1.65. The van der Waals surface area contributed by atoms with E-state index in [1.54, 1.807) is 0 Å². The third-order valence-corrected chi connectivity index (χ3v) is 7.46. The van der Waals surface area contributed by atoms with Crippen LogP contribution in [0.4, 0.5) is 32.0 Å². The molecule has 1 saturated heterocycles. The van der Waals surface area contributed by atoms with Gasteiger partial charge in [0.15, 0.2) is 0 Å². The lowest BCUT2D eigenvalue weighted by Gasteiger charge is -2.31. The summed E-state index contributed by atoms with van der Waals surface area (Å²) in [5.41, 5.74) is -1.31. The largest absolute Gasteiger partial charge is 0.471 e. The summed E-state index contributed by atoms with van der Waals surface area (Å²) in [6.07, 6.45) is -8.58. The number of rotatable bonds is 5. The van der Waals surface area contributed by atoms with Gasteiger partial charge in [0, 0.05) is 17.7 Å². The number of pyridine rings is 1. The summed E-state index contributed by atoms with van der Waals surface area (Å²) in [6.45, 7) is -0.407. The molecule has 0 bridgehead atoms. The average molecular weight is 548 g/mol. The van der Waals surface area contributed by atoms with E-state index in [-0.39, 0.29) is 35.6 Å². The van der Waals surface area contributed by atoms with E-state index < -0.39 is 63.5 Å². The van der Waals surface area contributed by atoms with E-state index in [4.69, 9.17) is 0 Å². The lowest BCUT2D eigenvalue weighted by molar-refractivity contribution is -0.159. The molecule has 15 heteroatoms. The predicted octanol–water partition coefficient (Wildman–Crippen LogP) is 4.53. The summed E-state index contributed by atoms with van der Waals surface area (Å²) >= 11 is 0. The highest BCUT2D eigenvalue weighted by Gasteiger charge is 2.39. The number of carbonyl (C=O) groups is 1. The lowest BCUT2D eigenvalue weighted by atomic mass is 9.99. The third-order valence-electron chi connectivity index (χ3n) is 5.74. The maximum Gasteiger partial charge on any atom is 0.471 e. The van der Waals surface area contributed by atoms with E-state index >= 15 is 0 Å². The maximum absolute atomic E-state index is 13.7. The number of carbonyl (C=O) groups excluding carboxylic acids is 1. The summed E-state index contributed by atoms with van der Waals surface area (Å²) in [4.78, 5) is 21.6. The minimum absolute atomic E-state index is 0.0302. The van der Waals surface area contributed by atoms with Crippen molar-refractivity contribution in [3.05, 3.63) is 59.7 Å². The predicted molar refractivity (Wildman–Crippen MR) is 117 cm³/mol. The molecule has 37 heavy (non-hydrogen) atoms. The van der Waals surface area contributed by atoms with Gasteiger partial charge in [0.2, 0.25) is 11.7 Å². The zero-order valence-corrected chi connectivity index (χ0v) is 19.6. The van der Waals surface area contributed by atoms with Crippen molar-refractivity contribution in [1.82, 2.24) is 15.1 Å². The summed E-state index contributed by atoms with van der Waals surface area (Å²) in [7, 11) is -3.32. The van der Waals surface area contributed by atoms with Crippen LogP contribution < -0.4 is 4.90 Å². The number of halogens is 6. The molecule has 0 unspecified atom stereocenters. The molecule has 1 amide bonds. The fourth-order valence-corrected chi connectivity index (χ4v) is 5.35. The first kappa shape index (κ1) is 26.6. The molecule has 2 aromatic heterocycles. The fourth-order valence-electron chi connectivity index (χ4n) is 3.86. The molecule has 8 nitrogen and oxygen atoms in total. The molecular weight excluding hydrogens is 530 g/mol. The minimum Gasteiger partial charge on any atom is -0.329 e. The number of para-hydroxylation sites is 1. The molecule has 0 saturated carbocycles. The van der Waals surface area contributed by atoms with Crippen molar-refractivity contribution in [3.63, 3.8) is 0 Å². The highest BCUT2D eigenvalue weighted by atomic mass is 32.2. The summed E-state index contributed by atoms with van der Waals surface area (Å²) in [5, 5.41) is 3.25. The van der Waals surface area contributed by atoms with Crippen LogP contribution in [0.1, 0.15) is 30.0 Å². The zero-order valence-electron chi connectivity index (χ0n) is 18.8. The van der Waals surface area contributed by atoms with Crippen LogP contribution in [0.2, 0.25) is 0 Å². The molecule has 0 atom stereocenters. The van der Waals surface area contributed by atoms with Crippen molar-refractivity contribution < 1.29 is 44.1 Å². The second-order valence-electron chi connectivity index (χ2n) is 8.32. The number of hydrogen-bond acceptors (Lipinski definition) is 7. The number of nitrogens with zero attached hydrogens (tertiary/aromatic N) is 4. The summed E-state index contributed by atoms with van der Waals surface area (Å²) in [6, 6.07) is 7.06. The smallest absolute Gasteiger partial charge is 0.329 e. The molecule has 4 rings (SSSR count). The second-order valence-corrected chi connectivity index (χ2v) is 10.6. The van der Waals surface area contributed by atoms with Gasteiger partial charge < -0.3 is 9.42 Å². The van der Waals surface area contributed by atoms with E-state index in [2.05, 4.69) is 19.6 Å². The Morgan fingerprint density at radius 3 is 2.24 bits per heavy atom. The molecule has 198 valence electrons. The quantitative estimate of drug-likeness (QED) is 0.432. The van der Waals surface area contributed by atoms with Crippen LogP contribution in [-0.2, 0) is 33.5 Å². The fraction of sp³-hybridized carbons (Fsp3) is 0.364. The maximum atomic E-state index is 13.7. The van der Waals surface area contributed by atoms with Crippen LogP contribution in [0.15, 0.2) is 47.1 Å². The van der Waals surface area contributed by atoms with Gasteiger partial charge in [-0.2, -0.15) is 31.3 Å². The van der Waals surface area contributed by atoms with E-state index in [1.807, 2.05) is 0 Å². The summed E-state index contributed by atoms with van der Waals surface area (Å²) in [5.74, 6) is -3.97. The van der Waals surface area contributed by atoms with Crippen LogP contribution in [0.3, 0.4) is 0 Å². The highest BCUT2D eigenvalue weighted by molar-refractivity contribution is 7.91. The number of alkyl halides is 6. The highest BCUT2D eigenvalue weighted by Crippen LogP contribution is 2.38. The molecule has 1 aliphatic heterocycles. The number of aromatic nitrogens is 3. The molecule has 1 fully saturated rings. The van der Waals surface area contributed by atoms with Crippen molar-refractivity contribution in [3.8, 4) is 11.4 Å². The number of hydrogen-bond donors (Lipinski definition) is 0. The van der Waals surface area contributed by atoms with E-state index in [9.17, 15) is 39.6 Å². The minimum atomic E-state index is -4.84. The first-order chi connectivity index (χ1) is 17.2. The van der Waals surface area contributed by atoms with Crippen molar-refractivity contribution in [1.29, 1.82) is 0 Å². The Kier molecular flexibility index (Phi) is 7.01. The van der Waals surface area contributed by atoms with Crippen LogP contribution in [0, 0.1) is 5.92 Å². The van der Waals surface area contributed by atoms with E-state index in [1.165, 1.54) is 24.3 Å². The average Bonchev–Trinajstić information content (AvgIpc) is 3.33. The van der Waals surface area contributed by atoms with Gasteiger partial charge in [0.1, 0.15) is 9.84 Å². The molecule has 3 aromatic rings. The first-order valence-electron chi connectivity index (χ1n) is 10.8. The van der Waals surface area contributed by atoms with Crippen molar-refractivity contribution in [2.75, 3.05) is 16.4 Å². The Hall–Kier alpha value is -3.49. The van der Waals surface area contributed by atoms with Crippen molar-refractivity contribution >= 4 is 21.4 Å². The molecule has 0 radical (unpaired) electrons. The van der Waals surface area contributed by atoms with Crippen molar-refractivity contribution in [2.24, 2.45) is 5.92 Å². The molecule has 1 aromatic carbocycles. The molecule has 3 heterocycles. The Morgan fingerprint density at radius 1 is 1.00 bits per heavy atom. The standard InChI is InChI=1S/C22H18F6N4O4S/c23-21(24,25)16-3-1-2-4-17(16)32(19(33)13-7-9-37(34,35)10-8-13)12-15-6-5-14(11-29-15)18-30-20(36-31-18)22(26,27)28/h1-6,11,13H,7-10,12H2. The summed E-state index contributed by atoms with van der Waals surface area (Å²) < 4.78 is 107. The van der Waals surface area contributed by atoms with E-state index in [0.29, 0.717) is 0 Å². The van der Waals surface area contributed by atoms with Crippen LogP contribution >= 0.6 is 0 Å². The molecule has 1 aliphatic rings. The van der Waals surface area contributed by atoms with Gasteiger partial charge in [-0.25, -0.2) is 8.42 Å². The molecule has 0 aliphatic carbocycles. The van der Waals surface area contributed by atoms with Crippen LogP contribution in [0.25, 0.3) is 11.4 Å². The number of amides is 1. The van der Waals surface area contributed by atoms with Gasteiger partial charge in [0.05, 0.1) is 35.0 Å². The normalized spacial score (nSPS) is 16.5. The Labute approximate surface area is 206 Å². The topological polar surface area (TPSA) is 106 Å². The van der Waals surface area contributed by atoms with Crippen molar-refractivity contribution in [2.45, 2.75) is 31.7 Å². The molecule has 0 N–H and O–H groups in total. The van der Waals surface area contributed by atoms with Gasteiger partial charge >= 0.3 is 18.2 Å². The Bertz CT molecular complexity index is 1370. The van der Waals surface area contributed by atoms with Gasteiger partial charge in [-0.05, 0) is 37.1 Å².